The van der Waals surface area contributed by atoms with Gasteiger partial charge in [-0.3, -0.25) is 0 Å². The van der Waals surface area contributed by atoms with Crippen molar-refractivity contribution in [3.05, 3.63) is 18.6 Å². The van der Waals surface area contributed by atoms with Crippen molar-refractivity contribution in [3.8, 4) is 5.75 Å². The van der Waals surface area contributed by atoms with Gasteiger partial charge in [-0.15, -0.1) is 0 Å². The number of aromatic nitrogens is 3. The van der Waals surface area contributed by atoms with Gasteiger partial charge in [0.2, 0.25) is 0 Å². The van der Waals surface area contributed by atoms with Crippen LogP contribution in [0.3, 0.4) is 0 Å². The summed E-state index contributed by atoms with van der Waals surface area (Å²) < 4.78 is 6.61. The number of anilines is 1. The van der Waals surface area contributed by atoms with Crippen LogP contribution in [0.25, 0.3) is 5.65 Å². The third-order valence-electron chi connectivity index (χ3n) is 1.63. The third kappa shape index (κ3) is 0.868. The SMILES string of the molecule is COc1cc2ncnn2cc1N. The normalized spacial score (nSPS) is 10.4. The molecule has 0 radical (unpaired) electrons. The molecule has 2 rings (SSSR count). The van der Waals surface area contributed by atoms with Crippen LogP contribution in [0.2, 0.25) is 0 Å². The first kappa shape index (κ1) is 6.90. The minimum atomic E-state index is 0.551. The molecule has 2 N–H and O–H groups in total. The summed E-state index contributed by atoms with van der Waals surface area (Å²) in [6.07, 6.45) is 3.13. The van der Waals surface area contributed by atoms with Crippen molar-refractivity contribution < 1.29 is 4.74 Å². The largest absolute Gasteiger partial charge is 0.494 e. The van der Waals surface area contributed by atoms with Crippen molar-refractivity contribution in [2.45, 2.75) is 0 Å². The van der Waals surface area contributed by atoms with E-state index in [0.29, 0.717) is 11.4 Å². The monoisotopic (exact) mass is 164 g/mol. The fourth-order valence-electron chi connectivity index (χ4n) is 1.03. The second kappa shape index (κ2) is 2.37. The van der Waals surface area contributed by atoms with Gasteiger partial charge in [0.15, 0.2) is 5.65 Å². The lowest BCUT2D eigenvalue weighted by atomic mass is 10.4. The van der Waals surface area contributed by atoms with Crippen LogP contribution < -0.4 is 10.5 Å². The Morgan fingerprint density at radius 1 is 1.58 bits per heavy atom. The zero-order valence-electron chi connectivity index (χ0n) is 6.56. The molecule has 0 aliphatic rings. The molecule has 2 heterocycles. The zero-order valence-corrected chi connectivity index (χ0v) is 6.56. The molecule has 0 fully saturated rings. The van der Waals surface area contributed by atoms with Crippen LogP contribution in [0.5, 0.6) is 5.75 Å². The van der Waals surface area contributed by atoms with Gasteiger partial charge in [-0.25, -0.2) is 9.50 Å². The van der Waals surface area contributed by atoms with Crippen molar-refractivity contribution in [2.24, 2.45) is 0 Å². The average Bonchev–Trinajstić information content (AvgIpc) is 2.49. The maximum atomic E-state index is 5.64. The molecule has 0 amide bonds. The van der Waals surface area contributed by atoms with Gasteiger partial charge >= 0.3 is 0 Å². The minimum absolute atomic E-state index is 0.551. The number of pyridine rings is 1. The van der Waals surface area contributed by atoms with Crippen molar-refractivity contribution in [2.75, 3.05) is 12.8 Å². The smallest absolute Gasteiger partial charge is 0.159 e. The highest BCUT2D eigenvalue weighted by Crippen LogP contribution is 2.20. The summed E-state index contributed by atoms with van der Waals surface area (Å²) in [7, 11) is 1.57. The second-order valence-electron chi connectivity index (χ2n) is 2.36. The molecule has 5 nitrogen and oxygen atoms in total. The lowest BCUT2D eigenvalue weighted by molar-refractivity contribution is 0.416. The van der Waals surface area contributed by atoms with Gasteiger partial charge in [-0.05, 0) is 0 Å². The van der Waals surface area contributed by atoms with Gasteiger partial charge in [-0.1, -0.05) is 0 Å². The van der Waals surface area contributed by atoms with E-state index >= 15 is 0 Å². The molecule has 62 valence electrons. The molecule has 12 heavy (non-hydrogen) atoms. The van der Waals surface area contributed by atoms with E-state index < -0.39 is 0 Å². The summed E-state index contributed by atoms with van der Waals surface area (Å²) in [6, 6.07) is 1.74. The number of nitrogen functional groups attached to an aromatic ring is 1. The Labute approximate surface area is 68.8 Å². The lowest BCUT2D eigenvalue weighted by Crippen LogP contribution is -1.96. The topological polar surface area (TPSA) is 65.4 Å². The lowest BCUT2D eigenvalue weighted by Gasteiger charge is -2.02. The van der Waals surface area contributed by atoms with Gasteiger partial charge in [-0.2, -0.15) is 5.10 Å². The fraction of sp³-hybridized carbons (Fsp3) is 0.143. The van der Waals surface area contributed by atoms with E-state index in [1.54, 1.807) is 23.9 Å². The molecule has 0 saturated carbocycles. The Morgan fingerprint density at radius 2 is 2.42 bits per heavy atom. The number of ether oxygens (including phenoxy) is 1. The molecule has 0 bridgehead atoms. The van der Waals surface area contributed by atoms with Crippen LogP contribution in [0.4, 0.5) is 5.69 Å². The summed E-state index contributed by atoms with van der Waals surface area (Å²) in [5.41, 5.74) is 6.92. The Balaban J connectivity index is 2.73. The van der Waals surface area contributed by atoms with E-state index in [4.69, 9.17) is 10.5 Å². The highest BCUT2D eigenvalue weighted by atomic mass is 16.5. The minimum Gasteiger partial charge on any atom is -0.494 e. The van der Waals surface area contributed by atoms with Crippen LogP contribution >= 0.6 is 0 Å². The molecular formula is C7H8N4O. The van der Waals surface area contributed by atoms with Gasteiger partial charge in [0.25, 0.3) is 0 Å². The summed E-state index contributed by atoms with van der Waals surface area (Å²) in [5, 5.41) is 3.92. The zero-order chi connectivity index (χ0) is 8.55. The summed E-state index contributed by atoms with van der Waals surface area (Å²) in [5.74, 6) is 0.621. The van der Waals surface area contributed by atoms with E-state index in [9.17, 15) is 0 Å². The predicted molar refractivity (Wildman–Crippen MR) is 44.0 cm³/mol. The first-order chi connectivity index (χ1) is 5.81. The molecular weight excluding hydrogens is 156 g/mol. The Kier molecular flexibility index (Phi) is 1.36. The Morgan fingerprint density at radius 3 is 3.17 bits per heavy atom. The Hall–Kier alpha value is -1.78. The molecule has 2 aromatic rings. The van der Waals surface area contributed by atoms with Gasteiger partial charge in [0, 0.05) is 6.07 Å². The number of rotatable bonds is 1. The van der Waals surface area contributed by atoms with E-state index in [-0.39, 0.29) is 0 Å². The van der Waals surface area contributed by atoms with Gasteiger partial charge in [0.1, 0.15) is 12.1 Å². The standard InChI is InChI=1S/C7H8N4O/c1-12-6-2-7-9-4-10-11(7)3-5(6)8/h2-4H,8H2,1H3. The van der Waals surface area contributed by atoms with E-state index in [2.05, 4.69) is 10.1 Å². The highest BCUT2D eigenvalue weighted by molar-refractivity contribution is 5.57. The van der Waals surface area contributed by atoms with Crippen LogP contribution in [-0.2, 0) is 0 Å². The van der Waals surface area contributed by atoms with Gasteiger partial charge < -0.3 is 10.5 Å². The quantitative estimate of drug-likeness (QED) is 0.659. The van der Waals surface area contributed by atoms with Crippen molar-refractivity contribution in [3.63, 3.8) is 0 Å². The van der Waals surface area contributed by atoms with Crippen LogP contribution in [0.1, 0.15) is 0 Å². The third-order valence-corrected chi connectivity index (χ3v) is 1.63. The molecule has 0 aliphatic heterocycles. The maximum absolute atomic E-state index is 5.64. The van der Waals surface area contributed by atoms with Crippen molar-refractivity contribution in [1.29, 1.82) is 0 Å². The van der Waals surface area contributed by atoms with E-state index in [1.165, 1.54) is 6.33 Å². The summed E-state index contributed by atoms with van der Waals surface area (Å²) >= 11 is 0. The number of methoxy groups -OCH3 is 1. The fourth-order valence-corrected chi connectivity index (χ4v) is 1.03. The molecule has 0 atom stereocenters. The van der Waals surface area contributed by atoms with Crippen molar-refractivity contribution in [1.82, 2.24) is 14.6 Å². The number of nitrogens with two attached hydrogens (primary N) is 1. The predicted octanol–water partition coefficient (Wildman–Crippen LogP) is 0.320. The average molecular weight is 164 g/mol. The molecule has 0 aromatic carbocycles. The number of nitrogens with zero attached hydrogens (tertiary/aromatic N) is 3. The molecule has 0 saturated heterocycles. The molecule has 5 heteroatoms. The molecule has 0 unspecified atom stereocenters. The molecule has 0 spiro atoms. The maximum Gasteiger partial charge on any atom is 0.159 e. The van der Waals surface area contributed by atoms with Crippen LogP contribution in [0, 0.1) is 0 Å². The van der Waals surface area contributed by atoms with Crippen molar-refractivity contribution >= 4 is 11.3 Å². The first-order valence-electron chi connectivity index (χ1n) is 3.44. The number of hydrogen-bond acceptors (Lipinski definition) is 4. The highest BCUT2D eigenvalue weighted by Gasteiger charge is 2.02. The second-order valence-corrected chi connectivity index (χ2v) is 2.36. The number of hydrogen-bond donors (Lipinski definition) is 1. The van der Waals surface area contributed by atoms with Crippen LogP contribution in [-0.4, -0.2) is 21.7 Å². The first-order valence-corrected chi connectivity index (χ1v) is 3.44. The molecule has 0 aliphatic carbocycles. The summed E-state index contributed by atoms with van der Waals surface area (Å²) in [4.78, 5) is 3.98. The Bertz CT molecular complexity index is 409. The van der Waals surface area contributed by atoms with E-state index in [1.807, 2.05) is 0 Å². The number of fused-ring (bicyclic) bond motifs is 1. The van der Waals surface area contributed by atoms with E-state index in [0.717, 1.165) is 5.65 Å². The summed E-state index contributed by atoms with van der Waals surface area (Å²) in [6.45, 7) is 0. The van der Waals surface area contributed by atoms with Crippen LogP contribution in [0.15, 0.2) is 18.6 Å². The molecule has 2 aromatic heterocycles. The van der Waals surface area contributed by atoms with Gasteiger partial charge in [0.05, 0.1) is 19.0 Å².